The quantitative estimate of drug-likeness (QED) is 0.828. The molecule has 1 aliphatic carbocycles. The number of amides is 2. The number of halogens is 1. The lowest BCUT2D eigenvalue weighted by atomic mass is 9.86. The van der Waals surface area contributed by atoms with Crippen molar-refractivity contribution in [2.24, 2.45) is 5.92 Å². The van der Waals surface area contributed by atoms with Crippen LogP contribution in [0, 0.1) is 11.7 Å². The average molecular weight is 250 g/mol. The fourth-order valence-corrected chi connectivity index (χ4v) is 2.42. The Bertz CT molecular complexity index is 422. The van der Waals surface area contributed by atoms with Gasteiger partial charge in [0.2, 0.25) is 0 Å². The molecule has 2 atom stereocenters. The van der Waals surface area contributed by atoms with Gasteiger partial charge in [0.25, 0.3) is 0 Å². The number of hydrogen-bond donors (Lipinski definition) is 2. The Morgan fingerprint density at radius 1 is 1.28 bits per heavy atom. The number of para-hydroxylation sites is 1. The van der Waals surface area contributed by atoms with E-state index in [2.05, 4.69) is 17.6 Å². The Hall–Kier alpha value is -1.58. The summed E-state index contributed by atoms with van der Waals surface area (Å²) in [5, 5.41) is 5.48. The third kappa shape index (κ3) is 3.22. The van der Waals surface area contributed by atoms with Crippen LogP contribution in [0.15, 0.2) is 24.3 Å². The fraction of sp³-hybridized carbons (Fsp3) is 0.500. The maximum absolute atomic E-state index is 13.4. The lowest BCUT2D eigenvalue weighted by Crippen LogP contribution is -2.43. The lowest BCUT2D eigenvalue weighted by molar-refractivity contribution is 0.232. The Morgan fingerprint density at radius 3 is 2.72 bits per heavy atom. The predicted octanol–water partition coefficient (Wildman–Crippen LogP) is 3.53. The molecule has 0 bridgehead atoms. The van der Waals surface area contributed by atoms with E-state index < -0.39 is 5.82 Å². The van der Waals surface area contributed by atoms with Gasteiger partial charge in [0, 0.05) is 6.04 Å². The molecule has 0 saturated heterocycles. The highest BCUT2D eigenvalue weighted by molar-refractivity contribution is 5.89. The Morgan fingerprint density at radius 2 is 2.00 bits per heavy atom. The van der Waals surface area contributed by atoms with Gasteiger partial charge in [-0.05, 0) is 30.9 Å². The standard InChI is InChI=1S/C14H19FN2O/c1-10-6-2-4-8-12(10)16-14(18)17-13-9-5-3-7-11(13)15/h3,5,7,9-10,12H,2,4,6,8H2,1H3,(H2,16,17,18)/t10-,12+/m0/s1. The summed E-state index contributed by atoms with van der Waals surface area (Å²) < 4.78 is 13.4. The molecule has 0 aliphatic heterocycles. The van der Waals surface area contributed by atoms with E-state index in [9.17, 15) is 9.18 Å². The SMILES string of the molecule is C[C@H]1CCCC[C@H]1NC(=O)Nc1ccccc1F. The van der Waals surface area contributed by atoms with Crippen LogP contribution in [-0.2, 0) is 0 Å². The van der Waals surface area contributed by atoms with Gasteiger partial charge in [-0.1, -0.05) is 31.9 Å². The molecule has 2 rings (SSSR count). The number of anilines is 1. The summed E-state index contributed by atoms with van der Waals surface area (Å²) >= 11 is 0. The summed E-state index contributed by atoms with van der Waals surface area (Å²) in [4.78, 5) is 11.8. The zero-order valence-electron chi connectivity index (χ0n) is 10.6. The highest BCUT2D eigenvalue weighted by Gasteiger charge is 2.22. The second kappa shape index (κ2) is 5.85. The van der Waals surface area contributed by atoms with Crippen molar-refractivity contribution in [2.45, 2.75) is 38.6 Å². The monoisotopic (exact) mass is 250 g/mol. The highest BCUT2D eigenvalue weighted by atomic mass is 19.1. The first kappa shape index (κ1) is 12.9. The number of hydrogen-bond acceptors (Lipinski definition) is 1. The van der Waals surface area contributed by atoms with Gasteiger partial charge >= 0.3 is 6.03 Å². The van der Waals surface area contributed by atoms with Crippen molar-refractivity contribution >= 4 is 11.7 Å². The third-order valence-electron chi connectivity index (χ3n) is 3.55. The Labute approximate surface area is 107 Å². The molecule has 0 heterocycles. The van der Waals surface area contributed by atoms with Crippen molar-refractivity contribution in [2.75, 3.05) is 5.32 Å². The third-order valence-corrected chi connectivity index (χ3v) is 3.55. The normalized spacial score (nSPS) is 23.4. The van der Waals surface area contributed by atoms with Crippen LogP contribution >= 0.6 is 0 Å². The van der Waals surface area contributed by atoms with Crippen molar-refractivity contribution in [1.82, 2.24) is 5.32 Å². The van der Waals surface area contributed by atoms with Gasteiger partial charge in [0.15, 0.2) is 0 Å². The van der Waals surface area contributed by atoms with Gasteiger partial charge in [0.1, 0.15) is 5.82 Å². The molecule has 1 fully saturated rings. The summed E-state index contributed by atoms with van der Waals surface area (Å²) in [6.45, 7) is 2.15. The molecular formula is C14H19FN2O. The van der Waals surface area contributed by atoms with E-state index in [0.29, 0.717) is 5.92 Å². The van der Waals surface area contributed by atoms with Crippen LogP contribution in [-0.4, -0.2) is 12.1 Å². The van der Waals surface area contributed by atoms with E-state index in [0.717, 1.165) is 19.3 Å². The van der Waals surface area contributed by atoms with Gasteiger partial charge in [0.05, 0.1) is 5.69 Å². The van der Waals surface area contributed by atoms with Crippen molar-refractivity contribution in [3.63, 3.8) is 0 Å². The van der Waals surface area contributed by atoms with Crippen LogP contribution in [0.5, 0.6) is 0 Å². The molecule has 3 nitrogen and oxygen atoms in total. The topological polar surface area (TPSA) is 41.1 Å². The van der Waals surface area contributed by atoms with Gasteiger partial charge in [-0.2, -0.15) is 0 Å². The van der Waals surface area contributed by atoms with Crippen LogP contribution < -0.4 is 10.6 Å². The van der Waals surface area contributed by atoms with E-state index in [1.165, 1.54) is 12.5 Å². The predicted molar refractivity (Wildman–Crippen MR) is 70.0 cm³/mol. The fourth-order valence-electron chi connectivity index (χ4n) is 2.42. The van der Waals surface area contributed by atoms with Crippen molar-refractivity contribution in [1.29, 1.82) is 0 Å². The summed E-state index contributed by atoms with van der Waals surface area (Å²) in [6, 6.07) is 6.06. The van der Waals surface area contributed by atoms with Crippen LogP contribution in [0.2, 0.25) is 0 Å². The molecule has 0 radical (unpaired) electrons. The van der Waals surface area contributed by atoms with Gasteiger partial charge < -0.3 is 10.6 Å². The molecule has 2 N–H and O–H groups in total. The van der Waals surface area contributed by atoms with Gasteiger partial charge in [-0.25, -0.2) is 9.18 Å². The largest absolute Gasteiger partial charge is 0.335 e. The smallest absolute Gasteiger partial charge is 0.319 e. The molecule has 1 saturated carbocycles. The summed E-state index contributed by atoms with van der Waals surface area (Å²) in [5.74, 6) is 0.0782. The molecule has 4 heteroatoms. The minimum atomic E-state index is -0.413. The number of urea groups is 1. The maximum atomic E-state index is 13.4. The van der Waals surface area contributed by atoms with Crippen molar-refractivity contribution < 1.29 is 9.18 Å². The van der Waals surface area contributed by atoms with Crippen LogP contribution in [0.1, 0.15) is 32.6 Å². The second-order valence-electron chi connectivity index (χ2n) is 4.95. The lowest BCUT2D eigenvalue weighted by Gasteiger charge is -2.29. The molecular weight excluding hydrogens is 231 g/mol. The Balaban J connectivity index is 1.90. The number of benzene rings is 1. The molecule has 1 aliphatic rings. The van der Waals surface area contributed by atoms with E-state index in [1.807, 2.05) is 0 Å². The molecule has 1 aromatic rings. The minimum absolute atomic E-state index is 0.200. The summed E-state index contributed by atoms with van der Waals surface area (Å²) in [5.41, 5.74) is 0.221. The molecule has 0 aromatic heterocycles. The van der Waals surface area contributed by atoms with Crippen molar-refractivity contribution in [3.05, 3.63) is 30.1 Å². The average Bonchev–Trinajstić information content (AvgIpc) is 2.35. The number of carbonyl (C=O) groups is 1. The minimum Gasteiger partial charge on any atom is -0.335 e. The molecule has 2 amide bonds. The first-order valence-electron chi connectivity index (χ1n) is 6.49. The first-order valence-corrected chi connectivity index (χ1v) is 6.49. The Kier molecular flexibility index (Phi) is 4.18. The van der Waals surface area contributed by atoms with E-state index in [4.69, 9.17) is 0 Å². The molecule has 98 valence electrons. The van der Waals surface area contributed by atoms with Gasteiger partial charge in [-0.15, -0.1) is 0 Å². The number of nitrogens with one attached hydrogen (secondary N) is 2. The zero-order chi connectivity index (χ0) is 13.0. The first-order chi connectivity index (χ1) is 8.66. The summed E-state index contributed by atoms with van der Waals surface area (Å²) in [7, 11) is 0. The molecule has 0 unspecified atom stereocenters. The van der Waals surface area contributed by atoms with E-state index in [1.54, 1.807) is 18.2 Å². The zero-order valence-corrected chi connectivity index (χ0v) is 10.6. The van der Waals surface area contributed by atoms with Crippen molar-refractivity contribution in [3.8, 4) is 0 Å². The number of rotatable bonds is 2. The summed E-state index contributed by atoms with van der Waals surface area (Å²) in [6.07, 6.45) is 4.53. The van der Waals surface area contributed by atoms with E-state index in [-0.39, 0.29) is 17.8 Å². The second-order valence-corrected chi connectivity index (χ2v) is 4.95. The maximum Gasteiger partial charge on any atom is 0.319 e. The molecule has 0 spiro atoms. The highest BCUT2D eigenvalue weighted by Crippen LogP contribution is 2.23. The molecule has 1 aromatic carbocycles. The molecule has 18 heavy (non-hydrogen) atoms. The van der Waals surface area contributed by atoms with Crippen LogP contribution in [0.3, 0.4) is 0 Å². The van der Waals surface area contributed by atoms with Gasteiger partial charge in [-0.3, -0.25) is 0 Å². The van der Waals surface area contributed by atoms with Crippen LogP contribution in [0.25, 0.3) is 0 Å². The number of carbonyl (C=O) groups excluding carboxylic acids is 1. The van der Waals surface area contributed by atoms with Crippen LogP contribution in [0.4, 0.5) is 14.9 Å². The van der Waals surface area contributed by atoms with E-state index >= 15 is 0 Å².